The Balaban J connectivity index is 1.83. The van der Waals surface area contributed by atoms with E-state index in [4.69, 9.17) is 11.6 Å². The largest absolute Gasteiger partial charge is 0.434 e. The number of thiazole rings is 1. The third-order valence-corrected chi connectivity index (χ3v) is 4.86. The number of anilines is 1. The van der Waals surface area contributed by atoms with Crippen LogP contribution in [-0.2, 0) is 0 Å². The van der Waals surface area contributed by atoms with Crippen LogP contribution < -0.4 is 10.1 Å². The molecule has 0 spiro atoms. The van der Waals surface area contributed by atoms with Crippen molar-refractivity contribution >= 4 is 49.9 Å². The summed E-state index contributed by atoms with van der Waals surface area (Å²) in [5, 5.41) is 4.91. The first-order valence-electron chi connectivity index (χ1n) is 7.20. The van der Waals surface area contributed by atoms with Gasteiger partial charge >= 0.3 is 6.61 Å². The molecule has 26 heavy (non-hydrogen) atoms. The number of hydrogen-bond acceptors (Lipinski definition) is 4. The molecular weight excluding hydrogens is 450 g/mol. The van der Waals surface area contributed by atoms with E-state index in [2.05, 4.69) is 31.0 Å². The van der Waals surface area contributed by atoms with Crippen LogP contribution in [0.5, 0.6) is 5.75 Å². The minimum Gasteiger partial charge on any atom is -0.434 e. The summed E-state index contributed by atoms with van der Waals surface area (Å²) >= 11 is 10.5. The van der Waals surface area contributed by atoms with Crippen molar-refractivity contribution in [3.8, 4) is 17.0 Å². The highest BCUT2D eigenvalue weighted by Gasteiger charge is 2.16. The lowest BCUT2D eigenvalue weighted by molar-refractivity contribution is -0.0494. The maximum Gasteiger partial charge on any atom is 0.387 e. The summed E-state index contributed by atoms with van der Waals surface area (Å²) in [6.07, 6.45) is 0. The van der Waals surface area contributed by atoms with Gasteiger partial charge in [-0.15, -0.1) is 11.3 Å². The van der Waals surface area contributed by atoms with Crippen LogP contribution in [0.15, 0.2) is 52.3 Å². The average Bonchev–Trinajstić information content (AvgIpc) is 3.05. The van der Waals surface area contributed by atoms with Crippen molar-refractivity contribution in [2.45, 2.75) is 6.61 Å². The molecule has 0 atom stereocenters. The lowest BCUT2D eigenvalue weighted by Gasteiger charge is -2.08. The van der Waals surface area contributed by atoms with Crippen molar-refractivity contribution in [2.75, 3.05) is 5.32 Å². The molecule has 2 aromatic carbocycles. The van der Waals surface area contributed by atoms with Crippen LogP contribution in [0.25, 0.3) is 11.3 Å². The number of aromatic nitrogens is 1. The topological polar surface area (TPSA) is 51.2 Å². The average molecular weight is 460 g/mol. The fraction of sp³-hybridized carbons (Fsp3) is 0.0588. The van der Waals surface area contributed by atoms with Crippen molar-refractivity contribution < 1.29 is 18.3 Å². The zero-order valence-electron chi connectivity index (χ0n) is 12.9. The molecule has 4 nitrogen and oxygen atoms in total. The molecule has 0 unspecified atom stereocenters. The lowest BCUT2D eigenvalue weighted by atomic mass is 10.1. The molecule has 1 amide bonds. The van der Waals surface area contributed by atoms with Crippen molar-refractivity contribution in [3.05, 3.63) is 62.9 Å². The summed E-state index contributed by atoms with van der Waals surface area (Å²) < 4.78 is 30.3. The molecule has 0 fully saturated rings. The first-order chi connectivity index (χ1) is 12.4. The normalized spacial score (nSPS) is 10.8. The van der Waals surface area contributed by atoms with Gasteiger partial charge in [-0.2, -0.15) is 8.78 Å². The van der Waals surface area contributed by atoms with Crippen LogP contribution in [0.1, 0.15) is 10.4 Å². The number of alkyl halides is 2. The molecule has 1 heterocycles. The van der Waals surface area contributed by atoms with Crippen LogP contribution in [0, 0.1) is 0 Å². The number of rotatable bonds is 5. The molecule has 0 radical (unpaired) electrons. The van der Waals surface area contributed by atoms with E-state index in [1.54, 1.807) is 41.8 Å². The Hall–Kier alpha value is -2.03. The SMILES string of the molecule is O=C(Nc1nc(-c2ccccc2OC(F)F)cs1)c1cc(Br)ccc1Cl. The van der Waals surface area contributed by atoms with E-state index >= 15 is 0 Å². The highest BCUT2D eigenvalue weighted by molar-refractivity contribution is 9.10. The van der Waals surface area contributed by atoms with Crippen LogP contribution in [0.3, 0.4) is 0 Å². The van der Waals surface area contributed by atoms with E-state index in [1.165, 1.54) is 6.07 Å². The maximum atomic E-state index is 12.5. The van der Waals surface area contributed by atoms with E-state index in [0.29, 0.717) is 31.4 Å². The summed E-state index contributed by atoms with van der Waals surface area (Å²) in [6.45, 7) is -2.94. The Morgan fingerprint density at radius 1 is 1.27 bits per heavy atom. The second kappa shape index (κ2) is 8.11. The fourth-order valence-electron chi connectivity index (χ4n) is 2.17. The third-order valence-electron chi connectivity index (χ3n) is 3.28. The molecule has 0 aliphatic heterocycles. The van der Waals surface area contributed by atoms with Crippen molar-refractivity contribution in [1.82, 2.24) is 4.98 Å². The first-order valence-corrected chi connectivity index (χ1v) is 9.25. The number of para-hydroxylation sites is 1. The predicted octanol–water partition coefficient (Wildman–Crippen LogP) is 6.08. The first kappa shape index (κ1) is 18.8. The number of amides is 1. The van der Waals surface area contributed by atoms with Gasteiger partial charge in [-0.3, -0.25) is 10.1 Å². The summed E-state index contributed by atoms with van der Waals surface area (Å²) in [7, 11) is 0. The maximum absolute atomic E-state index is 12.5. The highest BCUT2D eigenvalue weighted by atomic mass is 79.9. The summed E-state index contributed by atoms with van der Waals surface area (Å²) in [5.41, 5.74) is 1.12. The number of nitrogens with one attached hydrogen (secondary N) is 1. The lowest BCUT2D eigenvalue weighted by Crippen LogP contribution is -2.12. The molecule has 0 aliphatic carbocycles. The number of hydrogen-bond donors (Lipinski definition) is 1. The molecule has 0 saturated heterocycles. The fourth-order valence-corrected chi connectivity index (χ4v) is 3.44. The summed E-state index contributed by atoms with van der Waals surface area (Å²) in [5.74, 6) is -0.407. The van der Waals surface area contributed by atoms with Gasteiger partial charge in [0.1, 0.15) is 5.75 Å². The van der Waals surface area contributed by atoms with Crippen LogP contribution in [0.2, 0.25) is 5.02 Å². The van der Waals surface area contributed by atoms with Gasteiger partial charge in [0.25, 0.3) is 5.91 Å². The van der Waals surface area contributed by atoms with Crippen molar-refractivity contribution in [1.29, 1.82) is 0 Å². The number of carbonyl (C=O) groups excluding carboxylic acids is 1. The van der Waals surface area contributed by atoms with Gasteiger partial charge < -0.3 is 4.74 Å². The van der Waals surface area contributed by atoms with Crippen molar-refractivity contribution in [3.63, 3.8) is 0 Å². The molecule has 3 rings (SSSR count). The molecule has 1 N–H and O–H groups in total. The quantitative estimate of drug-likeness (QED) is 0.503. The smallest absolute Gasteiger partial charge is 0.387 e. The molecule has 0 bridgehead atoms. The molecule has 1 aromatic heterocycles. The van der Waals surface area contributed by atoms with Crippen molar-refractivity contribution in [2.24, 2.45) is 0 Å². The monoisotopic (exact) mass is 458 g/mol. The Bertz CT molecular complexity index is 952. The molecule has 0 saturated carbocycles. The standard InChI is InChI=1S/C17H10BrClF2N2O2S/c18-9-5-6-12(19)11(7-9)15(24)23-17-22-13(8-26-17)10-3-1-2-4-14(10)25-16(20)21/h1-8,16H,(H,22,23,24). The molecule has 9 heteroatoms. The molecule has 0 aliphatic rings. The second-order valence-corrected chi connectivity index (χ2v) is 7.17. The number of benzene rings is 2. The zero-order valence-corrected chi connectivity index (χ0v) is 16.0. The molecular formula is C17H10BrClF2N2O2S. The van der Waals surface area contributed by atoms with Crippen LogP contribution in [0.4, 0.5) is 13.9 Å². The minimum atomic E-state index is -2.94. The van der Waals surface area contributed by atoms with Crippen LogP contribution in [-0.4, -0.2) is 17.5 Å². The molecule has 134 valence electrons. The van der Waals surface area contributed by atoms with Gasteiger partial charge in [0.05, 0.1) is 16.3 Å². The zero-order chi connectivity index (χ0) is 18.7. The number of carbonyl (C=O) groups is 1. The van der Waals surface area contributed by atoms with Crippen LogP contribution >= 0.6 is 38.9 Å². The van der Waals surface area contributed by atoms with Gasteiger partial charge in [0.15, 0.2) is 5.13 Å². The van der Waals surface area contributed by atoms with Gasteiger partial charge in [-0.1, -0.05) is 39.7 Å². The highest BCUT2D eigenvalue weighted by Crippen LogP contribution is 2.33. The number of nitrogens with zero attached hydrogens (tertiary/aromatic N) is 1. The summed E-state index contributed by atoms with van der Waals surface area (Å²) in [6, 6.07) is 11.2. The van der Waals surface area contributed by atoms with E-state index < -0.39 is 12.5 Å². The van der Waals surface area contributed by atoms with E-state index in [-0.39, 0.29) is 5.75 Å². The third kappa shape index (κ3) is 4.38. The Labute approximate surface area is 164 Å². The van der Waals surface area contributed by atoms with E-state index in [9.17, 15) is 13.6 Å². The Morgan fingerprint density at radius 2 is 2.04 bits per heavy atom. The van der Waals surface area contributed by atoms with Gasteiger partial charge in [0.2, 0.25) is 0 Å². The molecule has 3 aromatic rings. The van der Waals surface area contributed by atoms with Gasteiger partial charge in [-0.05, 0) is 30.3 Å². The predicted molar refractivity (Wildman–Crippen MR) is 101 cm³/mol. The Morgan fingerprint density at radius 3 is 2.81 bits per heavy atom. The number of halogens is 4. The van der Waals surface area contributed by atoms with Gasteiger partial charge in [0, 0.05) is 15.4 Å². The second-order valence-electron chi connectivity index (χ2n) is 4.99. The van der Waals surface area contributed by atoms with Gasteiger partial charge in [-0.25, -0.2) is 4.98 Å². The van der Waals surface area contributed by atoms with E-state index in [1.807, 2.05) is 0 Å². The van der Waals surface area contributed by atoms with E-state index in [0.717, 1.165) is 11.3 Å². The minimum absolute atomic E-state index is 0.0145. The Kier molecular flexibility index (Phi) is 5.85. The summed E-state index contributed by atoms with van der Waals surface area (Å²) in [4.78, 5) is 16.6. The number of ether oxygens (including phenoxy) is 1.